The van der Waals surface area contributed by atoms with Crippen molar-refractivity contribution in [3.63, 3.8) is 0 Å². The zero-order valence-electron chi connectivity index (χ0n) is 11.8. The molecule has 22 heavy (non-hydrogen) atoms. The highest BCUT2D eigenvalue weighted by Gasteiger charge is 2.32. The number of fused-ring (bicyclic) bond motifs is 1. The number of pyridine rings is 1. The Morgan fingerprint density at radius 2 is 2.14 bits per heavy atom. The summed E-state index contributed by atoms with van der Waals surface area (Å²) in [4.78, 5) is 4.01. The van der Waals surface area contributed by atoms with Crippen LogP contribution in [-0.2, 0) is 12.7 Å². The van der Waals surface area contributed by atoms with Crippen molar-refractivity contribution in [2.24, 2.45) is 10.7 Å². The van der Waals surface area contributed by atoms with Crippen LogP contribution in [0.4, 0.5) is 13.2 Å². The lowest BCUT2D eigenvalue weighted by atomic mass is 10.3. The molecule has 0 radical (unpaired) electrons. The average molecular weight is 335 g/mol. The van der Waals surface area contributed by atoms with Crippen LogP contribution in [0.15, 0.2) is 17.3 Å². The molecule has 0 fully saturated rings. The molecule has 2 aromatic rings. The van der Waals surface area contributed by atoms with E-state index >= 15 is 0 Å². The largest absolute Gasteiger partial charge is 0.417 e. The van der Waals surface area contributed by atoms with Gasteiger partial charge in [-0.05, 0) is 19.9 Å². The monoisotopic (exact) mass is 334 g/mol. The highest BCUT2D eigenvalue weighted by molar-refractivity contribution is 6.33. The van der Waals surface area contributed by atoms with Crippen LogP contribution in [0.1, 0.15) is 25.2 Å². The number of nitrogens with two attached hydrogens (primary N) is 1. The molecule has 2 heterocycles. The van der Waals surface area contributed by atoms with Gasteiger partial charge in [0.05, 0.1) is 10.6 Å². The summed E-state index contributed by atoms with van der Waals surface area (Å²) in [5, 5.41) is 10.3. The smallest absolute Gasteiger partial charge is 0.370 e. The summed E-state index contributed by atoms with van der Waals surface area (Å²) in [5.41, 5.74) is 4.89. The maximum Gasteiger partial charge on any atom is 0.417 e. The van der Waals surface area contributed by atoms with Gasteiger partial charge in [0.2, 0.25) is 0 Å². The number of hydrogen-bond donors (Lipinski definition) is 2. The molecule has 0 atom stereocenters. The minimum absolute atomic E-state index is 0.0235. The van der Waals surface area contributed by atoms with Crippen molar-refractivity contribution >= 4 is 23.2 Å². The zero-order chi connectivity index (χ0) is 16.5. The predicted octanol–water partition coefficient (Wildman–Crippen LogP) is 2.21. The Labute approximate surface area is 129 Å². The number of aromatic nitrogens is 3. The van der Waals surface area contributed by atoms with Crippen LogP contribution in [0, 0.1) is 0 Å². The molecule has 120 valence electrons. The summed E-state index contributed by atoms with van der Waals surface area (Å²) in [6.07, 6.45) is -3.63. The van der Waals surface area contributed by atoms with Crippen molar-refractivity contribution in [1.29, 1.82) is 0 Å². The zero-order valence-corrected chi connectivity index (χ0v) is 12.6. The minimum Gasteiger partial charge on any atom is -0.370 e. The second-order valence-corrected chi connectivity index (χ2v) is 5.29. The first-order valence-corrected chi connectivity index (χ1v) is 6.73. The van der Waals surface area contributed by atoms with E-state index in [4.69, 9.17) is 17.3 Å². The van der Waals surface area contributed by atoms with E-state index in [1.54, 1.807) is 0 Å². The normalized spacial score (nSPS) is 13.1. The van der Waals surface area contributed by atoms with Crippen molar-refractivity contribution in [3.05, 3.63) is 28.7 Å². The molecule has 0 bridgehead atoms. The molecule has 0 amide bonds. The minimum atomic E-state index is -4.51. The van der Waals surface area contributed by atoms with Gasteiger partial charge in [-0.2, -0.15) is 13.2 Å². The highest BCUT2D eigenvalue weighted by Crippen LogP contribution is 2.32. The number of nitrogens with one attached hydrogen (secondary N) is 1. The molecule has 0 spiro atoms. The van der Waals surface area contributed by atoms with Gasteiger partial charge in [0.15, 0.2) is 17.4 Å². The molecule has 0 aliphatic rings. The maximum atomic E-state index is 12.8. The molecule has 0 aromatic carbocycles. The van der Waals surface area contributed by atoms with Crippen molar-refractivity contribution < 1.29 is 13.2 Å². The SMILES string of the molecule is CC(C)NC(N)=NCc1nnc2c(Cl)cc(C(F)(F)F)cn12. The molecule has 3 N–H and O–H groups in total. The van der Waals surface area contributed by atoms with Crippen LogP contribution in [0.2, 0.25) is 5.02 Å². The molecule has 0 aliphatic carbocycles. The number of rotatable bonds is 3. The number of hydrogen-bond acceptors (Lipinski definition) is 3. The Bertz CT molecular complexity index is 707. The fraction of sp³-hybridized carbons (Fsp3) is 0.417. The van der Waals surface area contributed by atoms with Gasteiger partial charge in [-0.3, -0.25) is 4.40 Å². The Balaban J connectivity index is 2.37. The topological polar surface area (TPSA) is 80.6 Å². The lowest BCUT2D eigenvalue weighted by Crippen LogP contribution is -2.36. The van der Waals surface area contributed by atoms with E-state index in [1.165, 1.54) is 0 Å². The molecule has 2 rings (SSSR count). The summed E-state index contributed by atoms with van der Waals surface area (Å²) in [6.45, 7) is 3.73. The number of guanidine groups is 1. The predicted molar refractivity (Wildman–Crippen MR) is 76.6 cm³/mol. The van der Waals surface area contributed by atoms with Crippen LogP contribution in [0.25, 0.3) is 5.65 Å². The van der Waals surface area contributed by atoms with Crippen LogP contribution in [-0.4, -0.2) is 26.6 Å². The van der Waals surface area contributed by atoms with E-state index in [0.29, 0.717) is 0 Å². The number of nitrogens with zero attached hydrogens (tertiary/aromatic N) is 4. The molecule has 0 saturated heterocycles. The van der Waals surface area contributed by atoms with Gasteiger partial charge in [0.25, 0.3) is 0 Å². The van der Waals surface area contributed by atoms with E-state index < -0.39 is 11.7 Å². The van der Waals surface area contributed by atoms with Gasteiger partial charge in [0, 0.05) is 12.2 Å². The standard InChI is InChI=1S/C12H14ClF3N6/c1-6(2)19-11(17)18-4-9-20-21-10-8(13)3-7(5-22(9)10)12(14,15)16/h3,5-6H,4H2,1-2H3,(H3,17,18,19). The first kappa shape index (κ1) is 16.3. The molecule has 0 unspecified atom stereocenters. The molecule has 0 saturated carbocycles. The van der Waals surface area contributed by atoms with Crippen LogP contribution >= 0.6 is 11.6 Å². The molecule has 6 nitrogen and oxygen atoms in total. The van der Waals surface area contributed by atoms with Gasteiger partial charge in [-0.1, -0.05) is 11.6 Å². The van der Waals surface area contributed by atoms with Gasteiger partial charge in [0.1, 0.15) is 6.54 Å². The molecule has 10 heteroatoms. The second-order valence-electron chi connectivity index (χ2n) is 4.88. The van der Waals surface area contributed by atoms with Crippen LogP contribution < -0.4 is 11.1 Å². The fourth-order valence-corrected chi connectivity index (χ4v) is 2.01. The van der Waals surface area contributed by atoms with Crippen molar-refractivity contribution in [2.45, 2.75) is 32.6 Å². The lowest BCUT2D eigenvalue weighted by molar-refractivity contribution is -0.137. The van der Waals surface area contributed by atoms with Gasteiger partial charge >= 0.3 is 6.18 Å². The van der Waals surface area contributed by atoms with E-state index in [-0.39, 0.29) is 35.0 Å². The van der Waals surface area contributed by atoms with Crippen molar-refractivity contribution in [3.8, 4) is 0 Å². The first-order chi connectivity index (χ1) is 10.2. The average Bonchev–Trinajstić information content (AvgIpc) is 2.78. The quantitative estimate of drug-likeness (QED) is 0.666. The highest BCUT2D eigenvalue weighted by atomic mass is 35.5. The third kappa shape index (κ3) is 3.59. The lowest BCUT2D eigenvalue weighted by Gasteiger charge is -2.09. The Hall–Kier alpha value is -2.03. The van der Waals surface area contributed by atoms with E-state index in [1.807, 2.05) is 13.8 Å². The van der Waals surface area contributed by atoms with E-state index in [2.05, 4.69) is 20.5 Å². The Morgan fingerprint density at radius 3 is 2.73 bits per heavy atom. The third-order valence-electron chi connectivity index (χ3n) is 2.69. The maximum absolute atomic E-state index is 12.8. The summed E-state index contributed by atoms with van der Waals surface area (Å²) in [7, 11) is 0. The summed E-state index contributed by atoms with van der Waals surface area (Å²) < 4.78 is 39.6. The first-order valence-electron chi connectivity index (χ1n) is 6.35. The summed E-state index contributed by atoms with van der Waals surface area (Å²) in [5.74, 6) is 0.376. The van der Waals surface area contributed by atoms with Crippen LogP contribution in [0.5, 0.6) is 0 Å². The number of halogens is 4. The number of alkyl halides is 3. The van der Waals surface area contributed by atoms with Crippen molar-refractivity contribution in [1.82, 2.24) is 19.9 Å². The molecule has 2 aromatic heterocycles. The molecular formula is C12H14ClF3N6. The second kappa shape index (κ2) is 5.99. The molecule has 0 aliphatic heterocycles. The van der Waals surface area contributed by atoms with E-state index in [9.17, 15) is 13.2 Å². The van der Waals surface area contributed by atoms with Crippen molar-refractivity contribution in [2.75, 3.05) is 0 Å². The fourth-order valence-electron chi connectivity index (χ4n) is 1.76. The molecular weight excluding hydrogens is 321 g/mol. The van der Waals surface area contributed by atoms with Gasteiger partial charge in [-0.25, -0.2) is 4.99 Å². The van der Waals surface area contributed by atoms with Gasteiger partial charge < -0.3 is 11.1 Å². The van der Waals surface area contributed by atoms with Gasteiger partial charge in [-0.15, -0.1) is 10.2 Å². The Morgan fingerprint density at radius 1 is 1.45 bits per heavy atom. The van der Waals surface area contributed by atoms with Crippen LogP contribution in [0.3, 0.4) is 0 Å². The Kier molecular flexibility index (Phi) is 4.45. The number of aliphatic imine (C=N–C) groups is 1. The summed E-state index contributed by atoms with van der Waals surface area (Å²) in [6, 6.07) is 0.901. The third-order valence-corrected chi connectivity index (χ3v) is 2.96. The summed E-state index contributed by atoms with van der Waals surface area (Å²) >= 11 is 5.82. The van der Waals surface area contributed by atoms with E-state index in [0.717, 1.165) is 16.7 Å².